The molecule has 6 nitrogen and oxygen atoms in total. The van der Waals surface area contributed by atoms with Crippen LogP contribution in [0.25, 0.3) is 11.3 Å². The van der Waals surface area contributed by atoms with E-state index in [1.165, 1.54) is 12.1 Å². The van der Waals surface area contributed by atoms with Gasteiger partial charge in [-0.15, -0.1) is 0 Å². The third kappa shape index (κ3) is 5.46. The molecule has 0 spiro atoms. The molecule has 2 aromatic carbocycles. The van der Waals surface area contributed by atoms with Crippen LogP contribution in [0.4, 0.5) is 10.1 Å². The van der Waals surface area contributed by atoms with Crippen LogP contribution in [0.1, 0.15) is 30.0 Å². The zero-order valence-corrected chi connectivity index (χ0v) is 21.7. The van der Waals surface area contributed by atoms with Crippen LogP contribution < -0.4 is 10.6 Å². The number of nitrogens with one attached hydrogen (secondary N) is 2. The number of carbonyl (C=O) groups excluding carboxylic acids is 1. The van der Waals surface area contributed by atoms with Gasteiger partial charge in [0.15, 0.2) is 5.11 Å². The molecule has 1 fully saturated rings. The zero-order chi connectivity index (χ0) is 25.9. The van der Waals surface area contributed by atoms with Crippen molar-refractivity contribution in [2.75, 3.05) is 11.9 Å². The summed E-state index contributed by atoms with van der Waals surface area (Å²) >= 11 is 17.9. The fourth-order valence-electron chi connectivity index (χ4n) is 4.27. The Bertz CT molecular complexity index is 1450. The summed E-state index contributed by atoms with van der Waals surface area (Å²) in [5, 5.41) is 7.29. The average Bonchev–Trinajstić information content (AvgIpc) is 3.51. The number of benzene rings is 2. The molecular weight excluding hydrogens is 534 g/mol. The molecule has 4 aromatic rings. The monoisotopic (exact) mass is 554 g/mol. The van der Waals surface area contributed by atoms with Crippen molar-refractivity contribution in [3.05, 3.63) is 106 Å². The van der Waals surface area contributed by atoms with Gasteiger partial charge in [0.25, 0.3) is 0 Å². The van der Waals surface area contributed by atoms with Crippen molar-refractivity contribution in [1.82, 2.24) is 15.2 Å². The number of thiocarbonyl (C=S) groups is 1. The molecule has 1 aliphatic heterocycles. The molecule has 2 unspecified atom stereocenters. The molecule has 5 rings (SSSR count). The topological polar surface area (TPSA) is 70.4 Å². The fourth-order valence-corrected chi connectivity index (χ4v) is 4.90. The molecule has 0 saturated carbocycles. The Morgan fingerprint density at radius 2 is 1.89 bits per heavy atom. The summed E-state index contributed by atoms with van der Waals surface area (Å²) in [6.07, 6.45) is 1.80. The van der Waals surface area contributed by atoms with E-state index in [9.17, 15) is 9.18 Å². The number of amides is 1. The summed E-state index contributed by atoms with van der Waals surface area (Å²) in [6, 6.07) is 20.0. The molecule has 188 valence electrons. The van der Waals surface area contributed by atoms with Crippen molar-refractivity contribution in [3.8, 4) is 11.3 Å². The van der Waals surface area contributed by atoms with E-state index in [-0.39, 0.29) is 36.6 Å². The fraction of sp³-hybridized carbons (Fsp3) is 0.148. The number of furan rings is 1. The number of pyridine rings is 1. The maximum atomic E-state index is 14.0. The second-order valence-electron chi connectivity index (χ2n) is 8.43. The summed E-state index contributed by atoms with van der Waals surface area (Å²) in [5.74, 6) is 0.429. The molecule has 0 bridgehead atoms. The van der Waals surface area contributed by atoms with Gasteiger partial charge in [0.1, 0.15) is 23.4 Å². The Morgan fingerprint density at radius 3 is 2.65 bits per heavy atom. The zero-order valence-electron chi connectivity index (χ0n) is 19.3. The lowest BCUT2D eigenvalue weighted by Crippen LogP contribution is -2.32. The molecule has 1 amide bonds. The van der Waals surface area contributed by atoms with E-state index in [0.29, 0.717) is 26.7 Å². The summed E-state index contributed by atoms with van der Waals surface area (Å²) in [7, 11) is 0. The largest absolute Gasteiger partial charge is 0.459 e. The summed E-state index contributed by atoms with van der Waals surface area (Å²) in [4.78, 5) is 19.0. The number of para-hydroxylation sites is 1. The summed E-state index contributed by atoms with van der Waals surface area (Å²) < 4.78 is 20.3. The summed E-state index contributed by atoms with van der Waals surface area (Å²) in [5.41, 5.74) is 1.69. The predicted molar refractivity (Wildman–Crippen MR) is 146 cm³/mol. The highest BCUT2D eigenvalue weighted by Gasteiger charge is 2.41. The number of halogens is 3. The van der Waals surface area contributed by atoms with Crippen molar-refractivity contribution in [2.24, 2.45) is 0 Å². The number of nitrogens with zero attached hydrogens (tertiary/aromatic N) is 2. The van der Waals surface area contributed by atoms with E-state index in [1.807, 2.05) is 41.3 Å². The van der Waals surface area contributed by atoms with Crippen LogP contribution in [-0.4, -0.2) is 27.4 Å². The van der Waals surface area contributed by atoms with Gasteiger partial charge < -0.3 is 20.0 Å². The van der Waals surface area contributed by atoms with E-state index < -0.39 is 5.82 Å². The highest BCUT2D eigenvalue weighted by atomic mass is 35.5. The Kier molecular flexibility index (Phi) is 7.41. The van der Waals surface area contributed by atoms with E-state index in [0.717, 1.165) is 11.3 Å². The normalized spacial score (nSPS) is 17.1. The van der Waals surface area contributed by atoms with Crippen molar-refractivity contribution >= 4 is 52.1 Å². The predicted octanol–water partition coefficient (Wildman–Crippen LogP) is 6.79. The van der Waals surface area contributed by atoms with Gasteiger partial charge in [0, 0.05) is 24.7 Å². The van der Waals surface area contributed by atoms with Crippen LogP contribution in [0, 0.1) is 5.82 Å². The highest BCUT2D eigenvalue weighted by Crippen LogP contribution is 2.41. The Morgan fingerprint density at radius 1 is 1.08 bits per heavy atom. The molecule has 2 N–H and O–H groups in total. The van der Waals surface area contributed by atoms with E-state index in [2.05, 4.69) is 15.6 Å². The molecule has 0 radical (unpaired) electrons. The maximum absolute atomic E-state index is 14.0. The number of aromatic nitrogens is 1. The molecule has 1 saturated heterocycles. The van der Waals surface area contributed by atoms with Crippen LogP contribution >= 0.6 is 35.4 Å². The minimum absolute atomic E-state index is 0.0853. The van der Waals surface area contributed by atoms with Gasteiger partial charge in [-0.2, -0.15) is 0 Å². The lowest BCUT2D eigenvalue weighted by atomic mass is 10.0. The van der Waals surface area contributed by atoms with Crippen molar-refractivity contribution in [1.29, 1.82) is 0 Å². The quantitative estimate of drug-likeness (QED) is 0.245. The second-order valence-corrected chi connectivity index (χ2v) is 9.63. The molecule has 2 aromatic heterocycles. The number of rotatable bonds is 7. The van der Waals surface area contributed by atoms with Crippen molar-refractivity contribution in [2.45, 2.75) is 18.5 Å². The molecule has 0 aliphatic carbocycles. The summed E-state index contributed by atoms with van der Waals surface area (Å²) in [6.45, 7) is 0.281. The minimum Gasteiger partial charge on any atom is -0.459 e. The minimum atomic E-state index is -0.493. The van der Waals surface area contributed by atoms with E-state index in [4.69, 9.17) is 39.8 Å². The van der Waals surface area contributed by atoms with E-state index in [1.54, 1.807) is 30.5 Å². The Labute approximate surface area is 228 Å². The average molecular weight is 555 g/mol. The molecule has 37 heavy (non-hydrogen) atoms. The SMILES string of the molecule is O=C(CCN1C(=S)NC(c2ccccn2)C1c1ccc(-c2ccc(Cl)c(Cl)c2)o1)Nc1ccccc1F. The van der Waals surface area contributed by atoms with Crippen molar-refractivity contribution in [3.63, 3.8) is 0 Å². The van der Waals surface area contributed by atoms with Crippen LogP contribution in [-0.2, 0) is 4.79 Å². The first kappa shape index (κ1) is 25.2. The standard InChI is InChI=1S/C27H21Cl2FN4O2S/c28-17-9-8-16(15-18(17)29)22-10-11-23(36-22)26-25(21-7-3-4-13-31-21)33-27(37)34(26)14-12-24(35)32-20-6-2-1-5-19(20)30/h1-11,13,15,25-26H,12,14H2,(H,32,35)(H,33,37). The van der Waals surface area contributed by atoms with Gasteiger partial charge in [-0.05, 0) is 66.8 Å². The third-order valence-electron chi connectivity index (χ3n) is 6.05. The molecule has 10 heteroatoms. The van der Waals surface area contributed by atoms with Gasteiger partial charge in [-0.25, -0.2) is 4.39 Å². The number of hydrogen-bond donors (Lipinski definition) is 2. The van der Waals surface area contributed by atoms with Gasteiger partial charge in [0.05, 0.1) is 27.5 Å². The first-order valence-electron chi connectivity index (χ1n) is 11.5. The van der Waals surface area contributed by atoms with Gasteiger partial charge in [-0.1, -0.05) is 41.4 Å². The first-order valence-corrected chi connectivity index (χ1v) is 12.6. The number of carbonyl (C=O) groups is 1. The van der Waals surface area contributed by atoms with Gasteiger partial charge in [0.2, 0.25) is 5.91 Å². The lowest BCUT2D eigenvalue weighted by Gasteiger charge is -2.25. The highest BCUT2D eigenvalue weighted by molar-refractivity contribution is 7.80. The number of anilines is 1. The third-order valence-corrected chi connectivity index (χ3v) is 7.14. The molecule has 1 aliphatic rings. The first-order chi connectivity index (χ1) is 17.9. The second kappa shape index (κ2) is 10.9. The van der Waals surface area contributed by atoms with Crippen LogP contribution in [0.3, 0.4) is 0 Å². The molecular formula is C27H21Cl2FN4O2S. The van der Waals surface area contributed by atoms with Crippen LogP contribution in [0.15, 0.2) is 83.4 Å². The molecule has 3 heterocycles. The van der Waals surface area contributed by atoms with Crippen LogP contribution in [0.2, 0.25) is 10.0 Å². The lowest BCUT2D eigenvalue weighted by molar-refractivity contribution is -0.116. The van der Waals surface area contributed by atoms with E-state index >= 15 is 0 Å². The van der Waals surface area contributed by atoms with Gasteiger partial charge >= 0.3 is 0 Å². The van der Waals surface area contributed by atoms with Crippen LogP contribution in [0.5, 0.6) is 0 Å². The smallest absolute Gasteiger partial charge is 0.226 e. The van der Waals surface area contributed by atoms with Gasteiger partial charge in [-0.3, -0.25) is 9.78 Å². The number of hydrogen-bond acceptors (Lipinski definition) is 4. The maximum Gasteiger partial charge on any atom is 0.226 e. The molecule has 2 atom stereocenters. The van der Waals surface area contributed by atoms with Crippen molar-refractivity contribution < 1.29 is 13.6 Å². The Balaban J connectivity index is 1.41. The Hall–Kier alpha value is -3.46.